The van der Waals surface area contributed by atoms with Gasteiger partial charge in [-0.2, -0.15) is 0 Å². The minimum Gasteiger partial charge on any atom is -0.496 e. The summed E-state index contributed by atoms with van der Waals surface area (Å²) in [4.78, 5) is 15.0. The summed E-state index contributed by atoms with van der Waals surface area (Å²) in [6, 6.07) is 4.05. The molecule has 1 fully saturated rings. The molecule has 0 amide bonds. The molecule has 22 heavy (non-hydrogen) atoms. The van der Waals surface area contributed by atoms with Gasteiger partial charge in [0.25, 0.3) is 0 Å². The number of ketones is 1. The van der Waals surface area contributed by atoms with Gasteiger partial charge in [0.15, 0.2) is 5.78 Å². The van der Waals surface area contributed by atoms with E-state index in [1.807, 2.05) is 19.1 Å². The number of ether oxygens (including phenoxy) is 1. The van der Waals surface area contributed by atoms with Gasteiger partial charge in [-0.15, -0.1) is 0 Å². The molecule has 1 aliphatic rings. The van der Waals surface area contributed by atoms with Crippen molar-refractivity contribution in [2.24, 2.45) is 0 Å². The van der Waals surface area contributed by atoms with E-state index in [1.54, 1.807) is 7.11 Å². The molecular formula is C19H29NO2. The molecule has 3 nitrogen and oxygen atoms in total. The molecule has 0 aliphatic carbocycles. The molecule has 0 unspecified atom stereocenters. The molecule has 1 aliphatic heterocycles. The molecule has 0 N–H and O–H groups in total. The van der Waals surface area contributed by atoms with Crippen molar-refractivity contribution in [1.82, 2.24) is 4.90 Å². The van der Waals surface area contributed by atoms with Crippen molar-refractivity contribution in [3.8, 4) is 5.75 Å². The Morgan fingerprint density at radius 1 is 1.23 bits per heavy atom. The minimum absolute atomic E-state index is 0.0387. The number of methoxy groups -OCH3 is 1. The number of Topliss-reactive ketones (excluding diaryl/α,β-unsaturated/α-hetero) is 1. The second-order valence-electron chi connectivity index (χ2n) is 7.34. The van der Waals surface area contributed by atoms with Crippen molar-refractivity contribution in [3.05, 3.63) is 28.8 Å². The first kappa shape index (κ1) is 17.0. The maximum atomic E-state index is 12.6. The monoisotopic (exact) mass is 303 g/mol. The number of aryl methyl sites for hydroxylation is 1. The van der Waals surface area contributed by atoms with Crippen LogP contribution in [-0.4, -0.2) is 37.4 Å². The molecule has 2 rings (SSSR count). The molecule has 0 bridgehead atoms. The smallest absolute Gasteiger partial charge is 0.164 e. The Balaban J connectivity index is 2.20. The fourth-order valence-corrected chi connectivity index (χ4v) is 3.14. The van der Waals surface area contributed by atoms with Gasteiger partial charge >= 0.3 is 0 Å². The summed E-state index contributed by atoms with van der Waals surface area (Å²) in [6.07, 6.45) is 3.14. The standard InChI is InChI=1S/C19H29NO2/c1-14-12-18(22-5)16(19(2,3)4)13-15(14)17(21)8-11-20-9-6-7-10-20/h12-13H,6-11H2,1-5H3. The molecular weight excluding hydrogens is 274 g/mol. The van der Waals surface area contributed by atoms with Gasteiger partial charge in [0.2, 0.25) is 0 Å². The fourth-order valence-electron chi connectivity index (χ4n) is 3.14. The number of carbonyl (C=O) groups is 1. The molecule has 3 heteroatoms. The number of likely N-dealkylation sites (tertiary alicyclic amines) is 1. The number of benzene rings is 1. The summed E-state index contributed by atoms with van der Waals surface area (Å²) < 4.78 is 5.51. The highest BCUT2D eigenvalue weighted by atomic mass is 16.5. The number of carbonyl (C=O) groups excluding carboxylic acids is 1. The Kier molecular flexibility index (Phi) is 5.28. The number of hydrogen-bond donors (Lipinski definition) is 0. The first-order valence-electron chi connectivity index (χ1n) is 8.27. The Labute approximate surface area is 134 Å². The molecule has 0 saturated carbocycles. The molecule has 122 valence electrons. The zero-order valence-electron chi connectivity index (χ0n) is 14.7. The first-order valence-corrected chi connectivity index (χ1v) is 8.27. The molecule has 1 aromatic carbocycles. The average molecular weight is 303 g/mol. The van der Waals surface area contributed by atoms with Crippen LogP contribution in [0.2, 0.25) is 0 Å². The summed E-state index contributed by atoms with van der Waals surface area (Å²) in [5.74, 6) is 1.12. The third-order valence-corrected chi connectivity index (χ3v) is 4.51. The van der Waals surface area contributed by atoms with Gasteiger partial charge in [0, 0.05) is 24.1 Å². The maximum Gasteiger partial charge on any atom is 0.164 e. The van der Waals surface area contributed by atoms with Gasteiger partial charge in [-0.25, -0.2) is 0 Å². The minimum atomic E-state index is -0.0387. The van der Waals surface area contributed by atoms with Crippen molar-refractivity contribution in [2.75, 3.05) is 26.7 Å². The van der Waals surface area contributed by atoms with E-state index in [1.165, 1.54) is 12.8 Å². The van der Waals surface area contributed by atoms with E-state index in [-0.39, 0.29) is 11.2 Å². The van der Waals surface area contributed by atoms with E-state index in [9.17, 15) is 4.79 Å². The van der Waals surface area contributed by atoms with Crippen LogP contribution in [0.5, 0.6) is 5.75 Å². The van der Waals surface area contributed by atoms with E-state index in [2.05, 4.69) is 25.7 Å². The molecule has 1 heterocycles. The van der Waals surface area contributed by atoms with Crippen molar-refractivity contribution in [3.63, 3.8) is 0 Å². The zero-order valence-corrected chi connectivity index (χ0v) is 14.7. The molecule has 1 aromatic rings. The van der Waals surface area contributed by atoms with Crippen LogP contribution in [0.4, 0.5) is 0 Å². The fraction of sp³-hybridized carbons (Fsp3) is 0.632. The van der Waals surface area contributed by atoms with Gasteiger partial charge in [-0.05, 0) is 56.0 Å². The highest BCUT2D eigenvalue weighted by Gasteiger charge is 2.23. The summed E-state index contributed by atoms with van der Waals surface area (Å²) in [7, 11) is 1.69. The van der Waals surface area contributed by atoms with E-state index >= 15 is 0 Å². The van der Waals surface area contributed by atoms with Crippen LogP contribution in [0.3, 0.4) is 0 Å². The lowest BCUT2D eigenvalue weighted by molar-refractivity contribution is 0.0968. The second-order valence-corrected chi connectivity index (χ2v) is 7.34. The normalized spacial score (nSPS) is 16.0. The largest absolute Gasteiger partial charge is 0.496 e. The van der Waals surface area contributed by atoms with Crippen LogP contribution < -0.4 is 4.74 Å². The average Bonchev–Trinajstić information content (AvgIpc) is 2.96. The first-order chi connectivity index (χ1) is 10.3. The van der Waals surface area contributed by atoms with Gasteiger partial charge < -0.3 is 9.64 Å². The Hall–Kier alpha value is -1.35. The van der Waals surface area contributed by atoms with Crippen LogP contribution in [0.15, 0.2) is 12.1 Å². The molecule has 1 saturated heterocycles. The van der Waals surface area contributed by atoms with Gasteiger partial charge in [0.05, 0.1) is 7.11 Å². The summed E-state index contributed by atoms with van der Waals surface area (Å²) in [6.45, 7) is 11.6. The van der Waals surface area contributed by atoms with Crippen LogP contribution >= 0.6 is 0 Å². The maximum absolute atomic E-state index is 12.6. The van der Waals surface area contributed by atoms with E-state index < -0.39 is 0 Å². The van der Waals surface area contributed by atoms with E-state index in [0.29, 0.717) is 6.42 Å². The molecule has 0 spiro atoms. The van der Waals surface area contributed by atoms with Crippen LogP contribution in [-0.2, 0) is 5.41 Å². The highest BCUT2D eigenvalue weighted by molar-refractivity contribution is 5.98. The quantitative estimate of drug-likeness (QED) is 0.771. The Morgan fingerprint density at radius 2 is 1.86 bits per heavy atom. The van der Waals surface area contributed by atoms with Crippen molar-refractivity contribution in [1.29, 1.82) is 0 Å². The zero-order chi connectivity index (χ0) is 16.3. The van der Waals surface area contributed by atoms with E-state index in [4.69, 9.17) is 4.74 Å². The van der Waals surface area contributed by atoms with Crippen molar-refractivity contribution in [2.45, 2.75) is 52.4 Å². The lowest BCUT2D eigenvalue weighted by Gasteiger charge is -2.24. The number of hydrogen-bond acceptors (Lipinski definition) is 3. The highest BCUT2D eigenvalue weighted by Crippen LogP contribution is 2.34. The lowest BCUT2D eigenvalue weighted by Crippen LogP contribution is -2.23. The van der Waals surface area contributed by atoms with Crippen LogP contribution in [0.1, 0.15) is 61.5 Å². The van der Waals surface area contributed by atoms with Crippen LogP contribution in [0.25, 0.3) is 0 Å². The number of rotatable bonds is 5. The number of nitrogens with zero attached hydrogens (tertiary/aromatic N) is 1. The van der Waals surface area contributed by atoms with Crippen LogP contribution in [0, 0.1) is 6.92 Å². The third-order valence-electron chi connectivity index (χ3n) is 4.51. The molecule has 0 aromatic heterocycles. The van der Waals surface area contributed by atoms with Gasteiger partial charge in [-0.3, -0.25) is 4.79 Å². The van der Waals surface area contributed by atoms with Gasteiger partial charge in [0.1, 0.15) is 5.75 Å². The molecule has 0 radical (unpaired) electrons. The van der Waals surface area contributed by atoms with Crippen molar-refractivity contribution >= 4 is 5.78 Å². The SMILES string of the molecule is COc1cc(C)c(C(=O)CCN2CCCC2)cc1C(C)(C)C. The lowest BCUT2D eigenvalue weighted by atomic mass is 9.83. The predicted octanol–water partition coefficient (Wildman–Crippen LogP) is 3.97. The topological polar surface area (TPSA) is 29.5 Å². The third kappa shape index (κ3) is 3.89. The van der Waals surface area contributed by atoms with Gasteiger partial charge in [-0.1, -0.05) is 20.8 Å². The summed E-state index contributed by atoms with van der Waals surface area (Å²) in [5.41, 5.74) is 2.93. The van der Waals surface area contributed by atoms with E-state index in [0.717, 1.165) is 42.1 Å². The predicted molar refractivity (Wildman–Crippen MR) is 91.1 cm³/mol. The Bertz CT molecular complexity index is 537. The summed E-state index contributed by atoms with van der Waals surface area (Å²) >= 11 is 0. The second kappa shape index (κ2) is 6.82. The summed E-state index contributed by atoms with van der Waals surface area (Å²) in [5, 5.41) is 0. The van der Waals surface area contributed by atoms with Crippen molar-refractivity contribution < 1.29 is 9.53 Å². The molecule has 0 atom stereocenters. The Morgan fingerprint density at radius 3 is 2.41 bits per heavy atom.